The molecule has 1 amide bonds. The highest BCUT2D eigenvalue weighted by molar-refractivity contribution is 5.92. The topological polar surface area (TPSA) is 68.2 Å². The Morgan fingerprint density at radius 2 is 2.27 bits per heavy atom. The molecule has 26 heavy (non-hydrogen) atoms. The number of benzene rings is 1. The van der Waals surface area contributed by atoms with Gasteiger partial charge in [0.15, 0.2) is 11.6 Å². The van der Waals surface area contributed by atoms with Gasteiger partial charge in [-0.05, 0) is 44.5 Å². The molecule has 8 heteroatoms. The summed E-state index contributed by atoms with van der Waals surface area (Å²) >= 11 is 0. The van der Waals surface area contributed by atoms with E-state index in [1.165, 1.54) is 6.07 Å². The predicted molar refractivity (Wildman–Crippen MR) is 99.4 cm³/mol. The van der Waals surface area contributed by atoms with Crippen molar-refractivity contribution in [3.05, 3.63) is 48.0 Å². The van der Waals surface area contributed by atoms with Crippen LogP contribution in [-0.4, -0.2) is 41.4 Å². The minimum atomic E-state index is -0.416. The molecule has 0 spiro atoms. The Bertz CT molecular complexity index is 719. The third-order valence-corrected chi connectivity index (χ3v) is 4.20. The monoisotopic (exact) mass is 382 g/mol. The van der Waals surface area contributed by atoms with E-state index in [9.17, 15) is 9.18 Å². The summed E-state index contributed by atoms with van der Waals surface area (Å²) in [4.78, 5) is 12.2. The number of hydrogen-bond donors (Lipinski definition) is 2. The van der Waals surface area contributed by atoms with Gasteiger partial charge in [0.1, 0.15) is 11.8 Å². The van der Waals surface area contributed by atoms with Crippen molar-refractivity contribution in [3.8, 4) is 5.75 Å². The summed E-state index contributed by atoms with van der Waals surface area (Å²) in [7, 11) is 0. The number of nitrogens with zero attached hydrogens (tertiary/aromatic N) is 2. The summed E-state index contributed by atoms with van der Waals surface area (Å²) in [6.45, 7) is 3.95. The van der Waals surface area contributed by atoms with Crippen molar-refractivity contribution < 1.29 is 13.9 Å². The molecule has 0 bridgehead atoms. The lowest BCUT2D eigenvalue weighted by molar-refractivity contribution is 0.0925. The van der Waals surface area contributed by atoms with Gasteiger partial charge in [0.25, 0.3) is 5.91 Å². The van der Waals surface area contributed by atoms with Gasteiger partial charge in [-0.3, -0.25) is 9.48 Å². The maximum Gasteiger partial charge on any atom is 0.271 e. The lowest BCUT2D eigenvalue weighted by atomic mass is 10.1. The van der Waals surface area contributed by atoms with Crippen LogP contribution in [0.2, 0.25) is 0 Å². The Hall–Kier alpha value is -2.12. The number of piperidine rings is 1. The Labute approximate surface area is 158 Å². The van der Waals surface area contributed by atoms with Gasteiger partial charge in [-0.25, -0.2) is 4.39 Å². The fraction of sp³-hybridized carbons (Fsp3) is 0.444. The normalized spacial score (nSPS) is 17.8. The highest BCUT2D eigenvalue weighted by Crippen LogP contribution is 2.17. The molecule has 0 saturated carbocycles. The molecule has 3 rings (SSSR count). The van der Waals surface area contributed by atoms with Gasteiger partial charge in [-0.15, -0.1) is 12.4 Å². The first kappa shape index (κ1) is 20.2. The van der Waals surface area contributed by atoms with Gasteiger partial charge in [0.2, 0.25) is 0 Å². The van der Waals surface area contributed by atoms with Crippen LogP contribution in [0.5, 0.6) is 5.75 Å². The van der Waals surface area contributed by atoms with Crippen molar-refractivity contribution in [3.63, 3.8) is 0 Å². The van der Waals surface area contributed by atoms with E-state index in [0.717, 1.165) is 25.9 Å². The lowest BCUT2D eigenvalue weighted by Gasteiger charge is -2.22. The molecule has 0 aliphatic carbocycles. The van der Waals surface area contributed by atoms with Crippen LogP contribution >= 0.6 is 12.4 Å². The lowest BCUT2D eigenvalue weighted by Crippen LogP contribution is -2.34. The fourth-order valence-corrected chi connectivity index (χ4v) is 2.85. The van der Waals surface area contributed by atoms with Crippen LogP contribution in [-0.2, 0) is 0 Å². The first-order valence-electron chi connectivity index (χ1n) is 8.59. The molecule has 0 radical (unpaired) electrons. The summed E-state index contributed by atoms with van der Waals surface area (Å²) in [5.74, 6) is -0.495. The second kappa shape index (κ2) is 9.54. The molecule has 1 aromatic carbocycles. The number of nitrogens with one attached hydrogen (secondary N) is 2. The first-order chi connectivity index (χ1) is 12.1. The van der Waals surface area contributed by atoms with Crippen molar-refractivity contribution in [1.29, 1.82) is 0 Å². The van der Waals surface area contributed by atoms with Gasteiger partial charge in [-0.2, -0.15) is 5.10 Å². The summed E-state index contributed by atoms with van der Waals surface area (Å²) in [5, 5.41) is 10.5. The predicted octanol–water partition coefficient (Wildman–Crippen LogP) is 2.57. The van der Waals surface area contributed by atoms with E-state index in [-0.39, 0.29) is 36.7 Å². The molecule has 1 aromatic heterocycles. The van der Waals surface area contributed by atoms with Crippen molar-refractivity contribution in [2.75, 3.05) is 19.6 Å². The van der Waals surface area contributed by atoms with Gasteiger partial charge < -0.3 is 15.4 Å². The third kappa shape index (κ3) is 5.19. The van der Waals surface area contributed by atoms with Crippen molar-refractivity contribution >= 4 is 18.3 Å². The molecule has 1 fully saturated rings. The zero-order valence-electron chi connectivity index (χ0n) is 14.7. The van der Waals surface area contributed by atoms with E-state index in [4.69, 9.17) is 4.74 Å². The quantitative estimate of drug-likeness (QED) is 0.805. The molecular formula is C18H24ClFN4O2. The van der Waals surface area contributed by atoms with Crippen LogP contribution in [0.1, 0.15) is 36.3 Å². The second-order valence-electron chi connectivity index (χ2n) is 6.25. The molecule has 2 heterocycles. The molecule has 2 atom stereocenters. The van der Waals surface area contributed by atoms with Crippen LogP contribution in [0.15, 0.2) is 36.5 Å². The number of ether oxygens (including phenoxy) is 1. The molecule has 1 aliphatic heterocycles. The van der Waals surface area contributed by atoms with E-state index in [0.29, 0.717) is 11.7 Å². The van der Waals surface area contributed by atoms with Crippen LogP contribution in [0.3, 0.4) is 0 Å². The number of para-hydroxylation sites is 1. The van der Waals surface area contributed by atoms with Gasteiger partial charge in [0.05, 0.1) is 12.6 Å². The number of amides is 1. The van der Waals surface area contributed by atoms with Gasteiger partial charge in [0, 0.05) is 12.7 Å². The Kier molecular flexibility index (Phi) is 7.41. The standard InChI is InChI=1S/C18H23FN4O2.ClH/c1-13(25-17-7-3-2-6-15(17)19)11-21-18(24)16-8-10-23(22-16)14-5-4-9-20-12-14;/h2-3,6-8,10,13-14,20H,4-5,9,11-12H2,1H3,(H,21,24);1H. The van der Waals surface area contributed by atoms with Crippen LogP contribution in [0.4, 0.5) is 4.39 Å². The van der Waals surface area contributed by atoms with E-state index in [1.54, 1.807) is 31.2 Å². The van der Waals surface area contributed by atoms with Crippen LogP contribution < -0.4 is 15.4 Å². The number of halogens is 2. The maximum absolute atomic E-state index is 13.6. The molecule has 6 nitrogen and oxygen atoms in total. The van der Waals surface area contributed by atoms with Crippen molar-refractivity contribution in [1.82, 2.24) is 20.4 Å². The summed E-state index contributed by atoms with van der Waals surface area (Å²) < 4.78 is 20.9. The molecular weight excluding hydrogens is 359 g/mol. The zero-order chi connectivity index (χ0) is 17.6. The number of hydrogen-bond acceptors (Lipinski definition) is 4. The summed E-state index contributed by atoms with van der Waals surface area (Å²) in [5.41, 5.74) is 0.378. The Morgan fingerprint density at radius 1 is 1.46 bits per heavy atom. The maximum atomic E-state index is 13.6. The van der Waals surface area contributed by atoms with E-state index >= 15 is 0 Å². The summed E-state index contributed by atoms with van der Waals surface area (Å²) in [6, 6.07) is 8.22. The number of carbonyl (C=O) groups is 1. The molecule has 1 saturated heterocycles. The fourth-order valence-electron chi connectivity index (χ4n) is 2.85. The number of aromatic nitrogens is 2. The zero-order valence-corrected chi connectivity index (χ0v) is 15.5. The SMILES string of the molecule is CC(CNC(=O)c1ccn(C2CCCNC2)n1)Oc1ccccc1F.Cl. The largest absolute Gasteiger partial charge is 0.486 e. The number of carbonyl (C=O) groups excluding carboxylic acids is 1. The minimum Gasteiger partial charge on any atom is -0.486 e. The van der Waals surface area contributed by atoms with E-state index < -0.39 is 5.82 Å². The van der Waals surface area contributed by atoms with Gasteiger partial charge in [-0.1, -0.05) is 12.1 Å². The molecule has 2 aromatic rings. The van der Waals surface area contributed by atoms with E-state index in [2.05, 4.69) is 15.7 Å². The average molecular weight is 383 g/mol. The number of rotatable bonds is 6. The van der Waals surface area contributed by atoms with Crippen LogP contribution in [0, 0.1) is 5.82 Å². The molecule has 1 aliphatic rings. The average Bonchev–Trinajstić information content (AvgIpc) is 3.13. The Balaban J connectivity index is 0.00000243. The Morgan fingerprint density at radius 3 is 3.00 bits per heavy atom. The molecule has 2 unspecified atom stereocenters. The molecule has 142 valence electrons. The summed E-state index contributed by atoms with van der Waals surface area (Å²) in [6.07, 6.45) is 3.65. The minimum absolute atomic E-state index is 0. The van der Waals surface area contributed by atoms with Crippen LogP contribution in [0.25, 0.3) is 0 Å². The van der Waals surface area contributed by atoms with Crippen molar-refractivity contribution in [2.45, 2.75) is 31.9 Å². The highest BCUT2D eigenvalue weighted by Gasteiger charge is 2.18. The highest BCUT2D eigenvalue weighted by atomic mass is 35.5. The first-order valence-corrected chi connectivity index (χ1v) is 8.59. The van der Waals surface area contributed by atoms with Gasteiger partial charge >= 0.3 is 0 Å². The van der Waals surface area contributed by atoms with Crippen molar-refractivity contribution in [2.24, 2.45) is 0 Å². The molecule has 2 N–H and O–H groups in total. The van der Waals surface area contributed by atoms with E-state index in [1.807, 2.05) is 10.9 Å². The smallest absolute Gasteiger partial charge is 0.271 e. The second-order valence-corrected chi connectivity index (χ2v) is 6.25. The third-order valence-electron chi connectivity index (χ3n) is 4.20.